The summed E-state index contributed by atoms with van der Waals surface area (Å²) in [6.45, 7) is 3.24. The van der Waals surface area contributed by atoms with E-state index in [0.29, 0.717) is 18.8 Å². The summed E-state index contributed by atoms with van der Waals surface area (Å²) in [6.07, 6.45) is 2.83. The molecule has 0 bridgehead atoms. The summed E-state index contributed by atoms with van der Waals surface area (Å²) in [5.74, 6) is -1.28. The molecule has 100 valence electrons. The fourth-order valence-corrected chi connectivity index (χ4v) is 2.14. The summed E-state index contributed by atoms with van der Waals surface area (Å²) in [5, 5.41) is 20.2. The molecular weight excluding hydrogens is 248 g/mol. The van der Waals surface area contributed by atoms with Gasteiger partial charge in [0.2, 0.25) is 0 Å². The quantitative estimate of drug-likeness (QED) is 0.514. The first-order valence-electron chi connectivity index (χ1n) is 5.92. The number of benzene rings is 1. The highest BCUT2D eigenvalue weighted by Gasteiger charge is 2.27. The molecule has 0 aromatic heterocycles. The van der Waals surface area contributed by atoms with Gasteiger partial charge in [-0.1, -0.05) is 17.7 Å². The number of rotatable bonds is 3. The Morgan fingerprint density at radius 2 is 2.21 bits per heavy atom. The van der Waals surface area contributed by atoms with Gasteiger partial charge < -0.3 is 10.0 Å². The lowest BCUT2D eigenvalue weighted by Gasteiger charge is -2.27. The highest BCUT2D eigenvalue weighted by molar-refractivity contribution is 5.95. The zero-order chi connectivity index (χ0) is 14.0. The Kier molecular flexibility index (Phi) is 3.50. The number of carboxylic acids is 1. The van der Waals surface area contributed by atoms with Crippen LogP contribution in [0.5, 0.6) is 0 Å². The van der Waals surface area contributed by atoms with Crippen LogP contribution in [0.3, 0.4) is 0 Å². The first-order valence-corrected chi connectivity index (χ1v) is 5.92. The van der Waals surface area contributed by atoms with Crippen LogP contribution in [0.2, 0.25) is 0 Å². The van der Waals surface area contributed by atoms with Crippen molar-refractivity contribution < 1.29 is 14.8 Å². The minimum atomic E-state index is -1.28. The van der Waals surface area contributed by atoms with E-state index in [1.165, 1.54) is 17.7 Å². The third-order valence-corrected chi connectivity index (χ3v) is 3.20. The van der Waals surface area contributed by atoms with E-state index >= 15 is 0 Å². The number of nitro groups is 1. The van der Waals surface area contributed by atoms with Gasteiger partial charge in [-0.25, -0.2) is 4.79 Å². The van der Waals surface area contributed by atoms with E-state index in [1.807, 2.05) is 17.9 Å². The molecule has 0 saturated carbocycles. The van der Waals surface area contributed by atoms with Crippen molar-refractivity contribution in [2.45, 2.75) is 13.3 Å². The van der Waals surface area contributed by atoms with Gasteiger partial charge in [-0.2, -0.15) is 0 Å². The molecule has 1 aromatic carbocycles. The number of para-hydroxylation sites is 1. The van der Waals surface area contributed by atoms with Crippen molar-refractivity contribution in [2.24, 2.45) is 0 Å². The van der Waals surface area contributed by atoms with Gasteiger partial charge >= 0.3 is 11.7 Å². The van der Waals surface area contributed by atoms with Gasteiger partial charge in [-0.3, -0.25) is 10.1 Å². The van der Waals surface area contributed by atoms with Crippen LogP contribution in [0.25, 0.3) is 0 Å². The van der Waals surface area contributed by atoms with Crippen LogP contribution in [0.1, 0.15) is 23.7 Å². The van der Waals surface area contributed by atoms with Gasteiger partial charge in [0.1, 0.15) is 11.3 Å². The molecule has 1 aliphatic rings. The molecule has 1 aromatic rings. The van der Waals surface area contributed by atoms with Crippen LogP contribution in [0, 0.1) is 10.1 Å². The lowest BCUT2D eigenvalue weighted by atomic mass is 10.1. The average molecular weight is 262 g/mol. The van der Waals surface area contributed by atoms with Crippen molar-refractivity contribution in [3.05, 3.63) is 45.5 Å². The third-order valence-electron chi connectivity index (χ3n) is 3.20. The van der Waals surface area contributed by atoms with E-state index in [4.69, 9.17) is 5.11 Å². The average Bonchev–Trinajstić information content (AvgIpc) is 2.38. The van der Waals surface area contributed by atoms with Crippen LogP contribution in [-0.2, 0) is 0 Å². The predicted octanol–water partition coefficient (Wildman–Crippen LogP) is 2.45. The van der Waals surface area contributed by atoms with E-state index in [2.05, 4.69) is 0 Å². The number of nitro benzene ring substituents is 1. The lowest BCUT2D eigenvalue weighted by Crippen LogP contribution is -2.29. The molecule has 0 spiro atoms. The molecule has 6 nitrogen and oxygen atoms in total. The first kappa shape index (κ1) is 13.1. The molecule has 0 radical (unpaired) electrons. The van der Waals surface area contributed by atoms with Gasteiger partial charge in [-0.05, 0) is 25.5 Å². The number of hydrogen-bond acceptors (Lipinski definition) is 4. The lowest BCUT2D eigenvalue weighted by molar-refractivity contribution is -0.384. The van der Waals surface area contributed by atoms with Crippen molar-refractivity contribution in [2.75, 3.05) is 18.0 Å². The summed E-state index contributed by atoms with van der Waals surface area (Å²) < 4.78 is 0. The topological polar surface area (TPSA) is 83.7 Å². The number of carboxylic acid groups (broad SMARTS) is 1. The fraction of sp³-hybridized carbons (Fsp3) is 0.308. The zero-order valence-corrected chi connectivity index (χ0v) is 10.5. The van der Waals surface area contributed by atoms with Crippen LogP contribution in [0.15, 0.2) is 29.8 Å². The number of hydrogen-bond donors (Lipinski definition) is 1. The van der Waals surface area contributed by atoms with Gasteiger partial charge in [0.15, 0.2) is 0 Å². The molecule has 0 fully saturated rings. The predicted molar refractivity (Wildman–Crippen MR) is 70.6 cm³/mol. The molecule has 0 unspecified atom stereocenters. The van der Waals surface area contributed by atoms with E-state index in [-0.39, 0.29) is 11.3 Å². The maximum atomic E-state index is 11.2. The highest BCUT2D eigenvalue weighted by atomic mass is 16.6. The molecule has 1 aliphatic heterocycles. The molecule has 0 saturated heterocycles. The molecular formula is C13H14N2O4. The standard InChI is InChI=1S/C13H14N2O4/c1-9-5-7-14(8-6-9)11-4-2-3-10(13(16)17)12(11)15(18)19/h2-5H,6-8H2,1H3,(H,16,17). The number of carbonyl (C=O) groups is 1. The Morgan fingerprint density at radius 3 is 2.74 bits per heavy atom. The minimum Gasteiger partial charge on any atom is -0.477 e. The molecule has 0 amide bonds. The molecule has 6 heteroatoms. The summed E-state index contributed by atoms with van der Waals surface area (Å²) in [5.41, 5.74) is 1.01. The van der Waals surface area contributed by atoms with Crippen LogP contribution in [0.4, 0.5) is 11.4 Å². The van der Waals surface area contributed by atoms with Gasteiger partial charge in [-0.15, -0.1) is 0 Å². The molecule has 0 atom stereocenters. The van der Waals surface area contributed by atoms with E-state index in [1.54, 1.807) is 6.07 Å². The zero-order valence-electron chi connectivity index (χ0n) is 10.5. The summed E-state index contributed by atoms with van der Waals surface area (Å²) in [7, 11) is 0. The highest BCUT2D eigenvalue weighted by Crippen LogP contribution is 2.33. The van der Waals surface area contributed by atoms with Gasteiger partial charge in [0.25, 0.3) is 0 Å². The first-order chi connectivity index (χ1) is 9.00. The molecule has 0 aliphatic carbocycles. The van der Waals surface area contributed by atoms with Gasteiger partial charge in [0, 0.05) is 13.1 Å². The Hall–Kier alpha value is -2.37. The monoisotopic (exact) mass is 262 g/mol. The molecule has 2 rings (SSSR count). The Bertz CT molecular complexity index is 566. The summed E-state index contributed by atoms with van der Waals surface area (Å²) in [6, 6.07) is 4.39. The number of nitrogens with zero attached hydrogens (tertiary/aromatic N) is 2. The minimum absolute atomic E-state index is 0.270. The second kappa shape index (κ2) is 5.09. The molecule has 1 N–H and O–H groups in total. The SMILES string of the molecule is CC1=CCN(c2cccc(C(=O)O)c2[N+](=O)[O-])CC1. The van der Waals surface area contributed by atoms with E-state index in [0.717, 1.165) is 6.42 Å². The number of aromatic carboxylic acids is 1. The molecule has 19 heavy (non-hydrogen) atoms. The van der Waals surface area contributed by atoms with Crippen molar-refractivity contribution in [1.29, 1.82) is 0 Å². The second-order valence-electron chi connectivity index (χ2n) is 4.48. The van der Waals surface area contributed by atoms with Crippen molar-refractivity contribution in [1.82, 2.24) is 0 Å². The van der Waals surface area contributed by atoms with E-state index < -0.39 is 10.9 Å². The van der Waals surface area contributed by atoms with E-state index in [9.17, 15) is 14.9 Å². The van der Waals surface area contributed by atoms with Crippen LogP contribution >= 0.6 is 0 Å². The van der Waals surface area contributed by atoms with Crippen molar-refractivity contribution >= 4 is 17.3 Å². The summed E-state index contributed by atoms with van der Waals surface area (Å²) in [4.78, 5) is 23.4. The fourth-order valence-electron chi connectivity index (χ4n) is 2.14. The largest absolute Gasteiger partial charge is 0.477 e. The Labute approximate surface area is 110 Å². The summed E-state index contributed by atoms with van der Waals surface area (Å²) >= 11 is 0. The van der Waals surface area contributed by atoms with Crippen LogP contribution < -0.4 is 4.90 Å². The Morgan fingerprint density at radius 1 is 1.47 bits per heavy atom. The number of anilines is 1. The van der Waals surface area contributed by atoms with Crippen LogP contribution in [-0.4, -0.2) is 29.1 Å². The van der Waals surface area contributed by atoms with Gasteiger partial charge in [0.05, 0.1) is 4.92 Å². The van der Waals surface area contributed by atoms with Crippen molar-refractivity contribution in [3.8, 4) is 0 Å². The maximum absolute atomic E-state index is 11.2. The smallest absolute Gasteiger partial charge is 0.342 e. The normalized spacial score (nSPS) is 15.0. The maximum Gasteiger partial charge on any atom is 0.342 e. The molecule has 1 heterocycles. The Balaban J connectivity index is 2.48. The second-order valence-corrected chi connectivity index (χ2v) is 4.48. The van der Waals surface area contributed by atoms with Crippen molar-refractivity contribution in [3.63, 3.8) is 0 Å². The third kappa shape index (κ3) is 2.57.